The number of aromatic nitrogens is 1. The van der Waals surface area contributed by atoms with Gasteiger partial charge in [-0.05, 0) is 29.8 Å². The molecule has 0 amide bonds. The van der Waals surface area contributed by atoms with Crippen LogP contribution in [0.15, 0.2) is 46.9 Å². The van der Waals surface area contributed by atoms with Gasteiger partial charge in [0, 0.05) is 5.56 Å². The van der Waals surface area contributed by atoms with E-state index >= 15 is 0 Å². The van der Waals surface area contributed by atoms with Crippen LogP contribution in [-0.4, -0.2) is 22.7 Å². The van der Waals surface area contributed by atoms with Gasteiger partial charge in [0.15, 0.2) is 0 Å². The van der Waals surface area contributed by atoms with Crippen LogP contribution in [0.5, 0.6) is 5.95 Å². The monoisotopic (exact) mass is 283 g/mol. The summed E-state index contributed by atoms with van der Waals surface area (Å²) >= 11 is 0. The van der Waals surface area contributed by atoms with E-state index in [1.54, 1.807) is 6.92 Å². The predicted molar refractivity (Wildman–Crippen MR) is 77.6 cm³/mol. The summed E-state index contributed by atoms with van der Waals surface area (Å²) in [6, 6.07) is 13.6. The van der Waals surface area contributed by atoms with Gasteiger partial charge >= 0.3 is 11.9 Å². The Morgan fingerprint density at radius 1 is 1.24 bits per heavy atom. The lowest BCUT2D eigenvalue weighted by atomic mass is 10.1. The Bertz CT molecular complexity index is 807. The van der Waals surface area contributed by atoms with E-state index in [9.17, 15) is 4.79 Å². The van der Waals surface area contributed by atoms with Crippen LogP contribution in [-0.2, 0) is 0 Å². The number of hydrogen-bond donors (Lipinski definition) is 1. The fourth-order valence-corrected chi connectivity index (χ4v) is 2.12. The van der Waals surface area contributed by atoms with Gasteiger partial charge in [-0.15, -0.1) is 0 Å². The van der Waals surface area contributed by atoms with Crippen molar-refractivity contribution in [1.82, 2.24) is 4.98 Å². The van der Waals surface area contributed by atoms with E-state index in [0.29, 0.717) is 12.2 Å². The lowest BCUT2D eigenvalue weighted by Gasteiger charge is -2.00. The van der Waals surface area contributed by atoms with Crippen molar-refractivity contribution < 1.29 is 19.1 Å². The molecule has 1 aromatic heterocycles. The molecule has 0 saturated heterocycles. The number of benzene rings is 2. The quantitative estimate of drug-likeness (QED) is 0.792. The van der Waals surface area contributed by atoms with Gasteiger partial charge in [0.2, 0.25) is 11.6 Å². The zero-order chi connectivity index (χ0) is 14.8. The summed E-state index contributed by atoms with van der Waals surface area (Å²) in [6.07, 6.45) is 0. The Hall–Kier alpha value is -2.82. The second-order valence-electron chi connectivity index (χ2n) is 4.46. The molecule has 1 heterocycles. The van der Waals surface area contributed by atoms with E-state index in [0.717, 1.165) is 10.8 Å². The fraction of sp³-hybridized carbons (Fsp3) is 0.125. The SMILES string of the molecule is CCOc1oc(-c2ccc3ccccc3c2)nc1C(=O)O. The van der Waals surface area contributed by atoms with Gasteiger partial charge in [-0.2, -0.15) is 4.98 Å². The van der Waals surface area contributed by atoms with E-state index < -0.39 is 5.97 Å². The first-order valence-electron chi connectivity index (χ1n) is 6.55. The Morgan fingerprint density at radius 2 is 2.00 bits per heavy atom. The molecule has 106 valence electrons. The van der Waals surface area contributed by atoms with Crippen molar-refractivity contribution >= 4 is 16.7 Å². The minimum absolute atomic E-state index is 0.0619. The van der Waals surface area contributed by atoms with Crippen LogP contribution in [0, 0.1) is 0 Å². The minimum atomic E-state index is -1.17. The number of rotatable bonds is 4. The van der Waals surface area contributed by atoms with E-state index in [2.05, 4.69) is 4.98 Å². The molecule has 5 heteroatoms. The van der Waals surface area contributed by atoms with Crippen LogP contribution in [0.1, 0.15) is 17.4 Å². The number of oxazole rings is 1. The minimum Gasteiger partial charge on any atom is -0.476 e. The topological polar surface area (TPSA) is 72.6 Å². The molecule has 3 aromatic rings. The third-order valence-electron chi connectivity index (χ3n) is 3.07. The highest BCUT2D eigenvalue weighted by atomic mass is 16.6. The maximum absolute atomic E-state index is 11.2. The Balaban J connectivity index is 2.09. The number of ether oxygens (including phenoxy) is 1. The third kappa shape index (κ3) is 2.45. The predicted octanol–water partition coefficient (Wildman–Crippen LogP) is 3.59. The summed E-state index contributed by atoms with van der Waals surface area (Å²) in [4.78, 5) is 15.2. The Labute approximate surface area is 120 Å². The summed E-state index contributed by atoms with van der Waals surface area (Å²) in [5.41, 5.74) is 0.502. The largest absolute Gasteiger partial charge is 0.476 e. The molecule has 0 unspecified atom stereocenters. The normalized spacial score (nSPS) is 10.7. The van der Waals surface area contributed by atoms with Crippen molar-refractivity contribution in [2.75, 3.05) is 6.61 Å². The van der Waals surface area contributed by atoms with Gasteiger partial charge in [-0.3, -0.25) is 0 Å². The highest BCUT2D eigenvalue weighted by molar-refractivity contribution is 5.89. The average molecular weight is 283 g/mol. The summed E-state index contributed by atoms with van der Waals surface area (Å²) < 4.78 is 10.6. The number of carbonyl (C=O) groups is 1. The molecule has 0 atom stereocenters. The van der Waals surface area contributed by atoms with Crippen molar-refractivity contribution in [2.45, 2.75) is 6.92 Å². The van der Waals surface area contributed by atoms with Gasteiger partial charge in [-0.25, -0.2) is 4.79 Å². The summed E-state index contributed by atoms with van der Waals surface area (Å²) in [7, 11) is 0. The highest BCUT2D eigenvalue weighted by Gasteiger charge is 2.21. The van der Waals surface area contributed by atoms with E-state index in [-0.39, 0.29) is 17.5 Å². The molecule has 21 heavy (non-hydrogen) atoms. The van der Waals surface area contributed by atoms with Crippen LogP contribution in [0.3, 0.4) is 0 Å². The zero-order valence-electron chi connectivity index (χ0n) is 11.4. The second kappa shape index (κ2) is 5.28. The number of fused-ring (bicyclic) bond motifs is 1. The van der Waals surface area contributed by atoms with Gasteiger partial charge in [0.05, 0.1) is 6.61 Å². The third-order valence-corrected chi connectivity index (χ3v) is 3.07. The van der Waals surface area contributed by atoms with Crippen molar-refractivity contribution in [3.63, 3.8) is 0 Å². The lowest BCUT2D eigenvalue weighted by molar-refractivity contribution is 0.0683. The number of hydrogen-bond acceptors (Lipinski definition) is 4. The van der Waals surface area contributed by atoms with Crippen LogP contribution in [0.25, 0.3) is 22.2 Å². The molecule has 1 N–H and O–H groups in total. The van der Waals surface area contributed by atoms with Crippen LogP contribution in [0.4, 0.5) is 0 Å². The molecule has 0 fully saturated rings. The first-order valence-corrected chi connectivity index (χ1v) is 6.55. The zero-order valence-corrected chi connectivity index (χ0v) is 11.4. The van der Waals surface area contributed by atoms with E-state index in [1.165, 1.54) is 0 Å². The highest BCUT2D eigenvalue weighted by Crippen LogP contribution is 2.29. The van der Waals surface area contributed by atoms with E-state index in [4.69, 9.17) is 14.3 Å². The standard InChI is InChI=1S/C16H13NO4/c1-2-20-16-13(15(18)19)17-14(21-16)12-8-7-10-5-3-4-6-11(10)9-12/h3-9H,2H2,1H3,(H,18,19). The molecule has 0 aliphatic carbocycles. The summed E-state index contributed by atoms with van der Waals surface area (Å²) in [6.45, 7) is 2.07. The first-order chi connectivity index (χ1) is 10.2. The Kier molecular flexibility index (Phi) is 3.31. The molecule has 0 saturated carbocycles. The molecular formula is C16H13NO4. The number of carboxylic acids is 1. The van der Waals surface area contributed by atoms with Crippen LogP contribution in [0.2, 0.25) is 0 Å². The van der Waals surface area contributed by atoms with Crippen LogP contribution < -0.4 is 4.74 Å². The Morgan fingerprint density at radius 3 is 2.71 bits per heavy atom. The second-order valence-corrected chi connectivity index (χ2v) is 4.46. The van der Waals surface area contributed by atoms with Crippen molar-refractivity contribution in [1.29, 1.82) is 0 Å². The first kappa shape index (κ1) is 13.2. The molecular weight excluding hydrogens is 270 g/mol. The smallest absolute Gasteiger partial charge is 0.362 e. The number of aromatic carboxylic acids is 1. The lowest BCUT2D eigenvalue weighted by Crippen LogP contribution is -2.01. The number of carboxylic acid groups (broad SMARTS) is 1. The van der Waals surface area contributed by atoms with Gasteiger partial charge in [-0.1, -0.05) is 30.3 Å². The molecule has 0 radical (unpaired) electrons. The van der Waals surface area contributed by atoms with Crippen molar-refractivity contribution in [2.24, 2.45) is 0 Å². The van der Waals surface area contributed by atoms with E-state index in [1.807, 2.05) is 42.5 Å². The molecule has 0 aliphatic heterocycles. The number of nitrogens with zero attached hydrogens (tertiary/aromatic N) is 1. The van der Waals surface area contributed by atoms with Crippen molar-refractivity contribution in [3.05, 3.63) is 48.2 Å². The van der Waals surface area contributed by atoms with Gasteiger partial charge in [0.1, 0.15) is 0 Å². The van der Waals surface area contributed by atoms with Crippen molar-refractivity contribution in [3.8, 4) is 17.4 Å². The molecule has 5 nitrogen and oxygen atoms in total. The molecule has 3 rings (SSSR count). The maximum atomic E-state index is 11.2. The molecule has 0 bridgehead atoms. The summed E-state index contributed by atoms with van der Waals surface area (Å²) in [5.74, 6) is -0.996. The fourth-order valence-electron chi connectivity index (χ4n) is 2.12. The molecule has 0 aliphatic rings. The van der Waals surface area contributed by atoms with Gasteiger partial charge in [0.25, 0.3) is 0 Å². The average Bonchev–Trinajstić information content (AvgIpc) is 2.91. The summed E-state index contributed by atoms with van der Waals surface area (Å²) in [5, 5.41) is 11.2. The van der Waals surface area contributed by atoms with Crippen LogP contribution >= 0.6 is 0 Å². The molecule has 0 spiro atoms. The van der Waals surface area contributed by atoms with Gasteiger partial charge < -0.3 is 14.3 Å². The maximum Gasteiger partial charge on any atom is 0.362 e. The molecule has 2 aromatic carbocycles.